The minimum absolute atomic E-state index is 0.848. The summed E-state index contributed by atoms with van der Waals surface area (Å²) >= 11 is 2.07. The summed E-state index contributed by atoms with van der Waals surface area (Å²) in [4.78, 5) is 0. The maximum atomic E-state index is 5.43. The lowest BCUT2D eigenvalue weighted by molar-refractivity contribution is 0.367. The Morgan fingerprint density at radius 3 is 2.69 bits per heavy atom. The van der Waals surface area contributed by atoms with E-state index in [-0.39, 0.29) is 0 Å². The molecule has 0 spiro atoms. The van der Waals surface area contributed by atoms with Crippen LogP contribution in [-0.4, -0.2) is 31.1 Å². The summed E-state index contributed by atoms with van der Waals surface area (Å²) in [5, 5.41) is 3.40. The number of nitrogens with two attached hydrogens (primary N) is 1. The quantitative estimate of drug-likeness (QED) is 0.640. The Balaban J connectivity index is 1.86. The highest BCUT2D eigenvalue weighted by Gasteiger charge is 2.11. The van der Waals surface area contributed by atoms with Crippen LogP contribution >= 0.6 is 11.8 Å². The van der Waals surface area contributed by atoms with Crippen LogP contribution in [0.5, 0.6) is 0 Å². The van der Waals surface area contributed by atoms with Gasteiger partial charge in [0.05, 0.1) is 0 Å². The highest BCUT2D eigenvalue weighted by molar-refractivity contribution is 7.99. The van der Waals surface area contributed by atoms with E-state index in [9.17, 15) is 0 Å². The van der Waals surface area contributed by atoms with E-state index in [1.54, 1.807) is 0 Å². The van der Waals surface area contributed by atoms with Gasteiger partial charge >= 0.3 is 0 Å². The highest BCUT2D eigenvalue weighted by Crippen LogP contribution is 2.18. The Kier molecular flexibility index (Phi) is 6.68. The monoisotopic (exact) mass is 202 g/mol. The fraction of sp³-hybridized carbons (Fsp3) is 1.00. The molecule has 13 heavy (non-hydrogen) atoms. The molecule has 0 atom stereocenters. The predicted octanol–water partition coefficient (Wildman–Crippen LogP) is 1.46. The minimum Gasteiger partial charge on any atom is -0.330 e. The molecule has 3 N–H and O–H groups in total. The summed E-state index contributed by atoms with van der Waals surface area (Å²) in [6.07, 6.45) is 5.36. The Morgan fingerprint density at radius 1 is 1.23 bits per heavy atom. The van der Waals surface area contributed by atoms with Gasteiger partial charge < -0.3 is 11.1 Å². The van der Waals surface area contributed by atoms with Gasteiger partial charge in [0.15, 0.2) is 0 Å². The summed E-state index contributed by atoms with van der Waals surface area (Å²) in [5.74, 6) is 3.58. The van der Waals surface area contributed by atoms with E-state index in [1.165, 1.54) is 50.3 Å². The van der Waals surface area contributed by atoms with Crippen LogP contribution in [0.3, 0.4) is 0 Å². The molecule has 1 saturated heterocycles. The zero-order chi connectivity index (χ0) is 9.36. The first-order valence-electron chi connectivity index (χ1n) is 5.42. The van der Waals surface area contributed by atoms with Gasteiger partial charge in [0.25, 0.3) is 0 Å². The van der Waals surface area contributed by atoms with E-state index >= 15 is 0 Å². The minimum atomic E-state index is 0.848. The first kappa shape index (κ1) is 11.3. The first-order chi connectivity index (χ1) is 6.43. The molecule has 0 unspecified atom stereocenters. The van der Waals surface area contributed by atoms with E-state index in [4.69, 9.17) is 5.73 Å². The average molecular weight is 202 g/mol. The maximum absolute atomic E-state index is 5.43. The molecule has 2 nitrogen and oxygen atoms in total. The molecule has 0 radical (unpaired) electrons. The van der Waals surface area contributed by atoms with Crippen molar-refractivity contribution in [1.29, 1.82) is 0 Å². The summed E-state index contributed by atoms with van der Waals surface area (Å²) in [7, 11) is 0. The third-order valence-corrected chi connectivity index (χ3v) is 3.72. The Bertz CT molecular complexity index is 113. The molecule has 3 heteroatoms. The average Bonchev–Trinajstić information content (AvgIpc) is 2.19. The lowest BCUT2D eigenvalue weighted by Crippen LogP contribution is -2.27. The molecular weight excluding hydrogens is 180 g/mol. The number of rotatable bonds is 6. The third kappa shape index (κ3) is 5.55. The second kappa shape index (κ2) is 7.65. The molecule has 1 rings (SSSR count). The fourth-order valence-corrected chi connectivity index (χ4v) is 2.78. The van der Waals surface area contributed by atoms with Crippen molar-refractivity contribution in [3.8, 4) is 0 Å². The van der Waals surface area contributed by atoms with Crippen LogP contribution in [0.2, 0.25) is 0 Å². The van der Waals surface area contributed by atoms with E-state index < -0.39 is 0 Å². The van der Waals surface area contributed by atoms with Crippen LogP contribution in [0.25, 0.3) is 0 Å². The fourth-order valence-electron chi connectivity index (χ4n) is 1.71. The van der Waals surface area contributed by atoms with Crippen molar-refractivity contribution in [2.45, 2.75) is 25.7 Å². The largest absolute Gasteiger partial charge is 0.330 e. The molecule has 0 bridgehead atoms. The topological polar surface area (TPSA) is 38.0 Å². The number of hydrogen-bond donors (Lipinski definition) is 2. The molecule has 0 aliphatic carbocycles. The molecule has 0 saturated carbocycles. The summed E-state index contributed by atoms with van der Waals surface area (Å²) in [6.45, 7) is 3.32. The molecule has 0 amide bonds. The van der Waals surface area contributed by atoms with Gasteiger partial charge in [-0.05, 0) is 62.7 Å². The molecule has 1 fully saturated rings. The van der Waals surface area contributed by atoms with Gasteiger partial charge in [-0.2, -0.15) is 11.8 Å². The van der Waals surface area contributed by atoms with Gasteiger partial charge in [-0.1, -0.05) is 0 Å². The van der Waals surface area contributed by atoms with Crippen molar-refractivity contribution in [2.24, 2.45) is 11.7 Å². The lowest BCUT2D eigenvalue weighted by atomic mass is 9.96. The van der Waals surface area contributed by atoms with Crippen LogP contribution in [0.4, 0.5) is 0 Å². The van der Waals surface area contributed by atoms with Crippen molar-refractivity contribution in [2.75, 3.05) is 31.1 Å². The van der Waals surface area contributed by atoms with E-state index in [0.717, 1.165) is 12.5 Å². The van der Waals surface area contributed by atoms with Crippen molar-refractivity contribution in [3.63, 3.8) is 0 Å². The normalized spacial score (nSPS) is 19.2. The van der Waals surface area contributed by atoms with E-state index in [1.807, 2.05) is 0 Å². The molecule has 0 aromatic rings. The number of hydrogen-bond acceptors (Lipinski definition) is 3. The van der Waals surface area contributed by atoms with Gasteiger partial charge in [-0.15, -0.1) is 0 Å². The first-order valence-corrected chi connectivity index (χ1v) is 6.57. The third-order valence-electron chi connectivity index (χ3n) is 2.62. The molecular formula is C10H22N2S. The number of piperidine rings is 1. The van der Waals surface area contributed by atoms with Crippen molar-refractivity contribution >= 4 is 11.8 Å². The number of nitrogens with one attached hydrogen (secondary N) is 1. The maximum Gasteiger partial charge on any atom is -0.00463 e. The second-order valence-electron chi connectivity index (χ2n) is 3.74. The summed E-state index contributed by atoms with van der Waals surface area (Å²) in [5.41, 5.74) is 5.43. The summed E-state index contributed by atoms with van der Waals surface area (Å²) in [6, 6.07) is 0. The van der Waals surface area contributed by atoms with Crippen LogP contribution in [0.15, 0.2) is 0 Å². The second-order valence-corrected chi connectivity index (χ2v) is 4.96. The standard InChI is InChI=1S/C10H22N2S/c11-5-1-8-13-9-4-10-2-6-12-7-3-10/h10,12H,1-9,11H2. The van der Waals surface area contributed by atoms with Gasteiger partial charge in [0.1, 0.15) is 0 Å². The SMILES string of the molecule is NCCCSCCC1CCNCC1. The zero-order valence-corrected chi connectivity index (χ0v) is 9.24. The predicted molar refractivity (Wildman–Crippen MR) is 61.2 cm³/mol. The molecule has 1 aliphatic rings. The molecule has 78 valence electrons. The zero-order valence-electron chi connectivity index (χ0n) is 8.43. The smallest absolute Gasteiger partial charge is 0.00463 e. The van der Waals surface area contributed by atoms with Gasteiger partial charge in [0.2, 0.25) is 0 Å². The van der Waals surface area contributed by atoms with Crippen molar-refractivity contribution < 1.29 is 0 Å². The van der Waals surface area contributed by atoms with Gasteiger partial charge in [0, 0.05) is 0 Å². The van der Waals surface area contributed by atoms with Crippen LogP contribution in [0.1, 0.15) is 25.7 Å². The summed E-state index contributed by atoms with van der Waals surface area (Å²) < 4.78 is 0. The Morgan fingerprint density at radius 2 is 2.00 bits per heavy atom. The number of thioether (sulfide) groups is 1. The molecule has 0 aromatic heterocycles. The molecule has 0 aromatic carbocycles. The Labute approximate surface area is 86.0 Å². The molecule has 1 aliphatic heterocycles. The molecule has 1 heterocycles. The lowest BCUT2D eigenvalue weighted by Gasteiger charge is -2.22. The van der Waals surface area contributed by atoms with Crippen molar-refractivity contribution in [3.05, 3.63) is 0 Å². The van der Waals surface area contributed by atoms with Gasteiger partial charge in [-0.25, -0.2) is 0 Å². The van der Waals surface area contributed by atoms with Crippen LogP contribution < -0.4 is 11.1 Å². The van der Waals surface area contributed by atoms with Crippen molar-refractivity contribution in [1.82, 2.24) is 5.32 Å². The highest BCUT2D eigenvalue weighted by atomic mass is 32.2. The van der Waals surface area contributed by atoms with Crippen LogP contribution in [-0.2, 0) is 0 Å². The van der Waals surface area contributed by atoms with Crippen LogP contribution in [0, 0.1) is 5.92 Å². The van der Waals surface area contributed by atoms with E-state index in [0.29, 0.717) is 0 Å². The Hall–Kier alpha value is 0.270. The van der Waals surface area contributed by atoms with Gasteiger partial charge in [-0.3, -0.25) is 0 Å². The van der Waals surface area contributed by atoms with E-state index in [2.05, 4.69) is 17.1 Å².